The maximum atomic E-state index is 13.3. The van der Waals surface area contributed by atoms with Crippen molar-refractivity contribution in [2.75, 3.05) is 50.6 Å². The summed E-state index contributed by atoms with van der Waals surface area (Å²) in [6.07, 6.45) is 0.179. The fourth-order valence-electron chi connectivity index (χ4n) is 3.39. The van der Waals surface area contributed by atoms with Crippen LogP contribution in [-0.4, -0.2) is 62.5 Å². The third-order valence-electron chi connectivity index (χ3n) is 4.95. The van der Waals surface area contributed by atoms with E-state index in [9.17, 15) is 19.7 Å². The molecule has 0 bridgehead atoms. The Morgan fingerprint density at radius 3 is 2.53 bits per heavy atom. The highest BCUT2D eigenvalue weighted by atomic mass is 16.6. The van der Waals surface area contributed by atoms with Crippen molar-refractivity contribution >= 4 is 28.9 Å². The number of ether oxygens (including phenoxy) is 1. The zero-order chi connectivity index (χ0) is 21.8. The van der Waals surface area contributed by atoms with Gasteiger partial charge in [-0.1, -0.05) is 12.1 Å². The summed E-state index contributed by atoms with van der Waals surface area (Å²) >= 11 is 0. The lowest BCUT2D eigenvalue weighted by molar-refractivity contribution is -0.385. The number of nitro groups is 1. The van der Waals surface area contributed by atoms with E-state index in [0.717, 1.165) is 0 Å². The number of anilines is 2. The predicted octanol–water partition coefficient (Wildman–Crippen LogP) is 2.55. The second-order valence-corrected chi connectivity index (χ2v) is 7.19. The van der Waals surface area contributed by atoms with Gasteiger partial charge in [-0.15, -0.1) is 0 Å². The molecule has 158 valence electrons. The average molecular weight is 412 g/mol. The normalized spacial score (nSPS) is 13.8. The minimum atomic E-state index is -0.560. The SMILES string of the molecule is COc1cc(C(=O)N2CCC(=O)N(CCN(C)C)c3ccccc32)ccc1[N+](=O)[O-]. The van der Waals surface area contributed by atoms with Crippen molar-refractivity contribution in [3.8, 4) is 5.75 Å². The number of likely N-dealkylation sites (N-methyl/N-ethyl adjacent to an activating group) is 1. The lowest BCUT2D eigenvalue weighted by Gasteiger charge is -2.26. The van der Waals surface area contributed by atoms with Crippen molar-refractivity contribution < 1.29 is 19.2 Å². The molecule has 0 unspecified atom stereocenters. The summed E-state index contributed by atoms with van der Waals surface area (Å²) in [6.45, 7) is 1.41. The van der Waals surface area contributed by atoms with E-state index in [0.29, 0.717) is 24.5 Å². The average Bonchev–Trinajstić information content (AvgIpc) is 2.87. The second kappa shape index (κ2) is 8.91. The highest BCUT2D eigenvalue weighted by molar-refractivity contribution is 6.11. The molecule has 0 N–H and O–H groups in total. The van der Waals surface area contributed by atoms with Crippen molar-refractivity contribution in [3.05, 3.63) is 58.1 Å². The molecule has 0 saturated heterocycles. The summed E-state index contributed by atoms with van der Waals surface area (Å²) in [5.74, 6) is -0.392. The van der Waals surface area contributed by atoms with Crippen molar-refractivity contribution in [2.24, 2.45) is 0 Å². The Kier molecular flexibility index (Phi) is 6.31. The van der Waals surface area contributed by atoms with Crippen molar-refractivity contribution in [2.45, 2.75) is 6.42 Å². The monoisotopic (exact) mass is 412 g/mol. The molecule has 1 heterocycles. The summed E-state index contributed by atoms with van der Waals surface area (Å²) in [5.41, 5.74) is 1.34. The molecule has 2 amide bonds. The molecule has 9 heteroatoms. The van der Waals surface area contributed by atoms with Crippen LogP contribution >= 0.6 is 0 Å². The van der Waals surface area contributed by atoms with Crippen LogP contribution in [0.2, 0.25) is 0 Å². The van der Waals surface area contributed by atoms with E-state index in [1.54, 1.807) is 15.9 Å². The van der Waals surface area contributed by atoms with Gasteiger partial charge in [0.1, 0.15) is 0 Å². The summed E-state index contributed by atoms with van der Waals surface area (Å²) in [7, 11) is 5.19. The van der Waals surface area contributed by atoms with E-state index >= 15 is 0 Å². The topological polar surface area (TPSA) is 96.2 Å². The maximum absolute atomic E-state index is 13.3. The smallest absolute Gasteiger partial charge is 0.310 e. The van der Waals surface area contributed by atoms with Gasteiger partial charge >= 0.3 is 5.69 Å². The largest absolute Gasteiger partial charge is 0.490 e. The van der Waals surface area contributed by atoms with Crippen LogP contribution < -0.4 is 14.5 Å². The summed E-state index contributed by atoms with van der Waals surface area (Å²) < 4.78 is 5.09. The van der Waals surface area contributed by atoms with Crippen LogP contribution in [0.5, 0.6) is 5.75 Å². The molecule has 0 spiro atoms. The molecule has 0 aromatic heterocycles. The zero-order valence-corrected chi connectivity index (χ0v) is 17.2. The first-order chi connectivity index (χ1) is 14.3. The fraction of sp³-hybridized carbons (Fsp3) is 0.333. The number of rotatable bonds is 6. The van der Waals surface area contributed by atoms with Crippen LogP contribution in [0.1, 0.15) is 16.8 Å². The molecule has 2 aromatic carbocycles. The molecule has 2 aromatic rings. The van der Waals surface area contributed by atoms with Crippen LogP contribution in [0, 0.1) is 10.1 Å². The molecular formula is C21H24N4O5. The quantitative estimate of drug-likeness (QED) is 0.534. The van der Waals surface area contributed by atoms with Crippen LogP contribution in [0.3, 0.4) is 0 Å². The van der Waals surface area contributed by atoms with Gasteiger partial charge in [0.05, 0.1) is 23.4 Å². The van der Waals surface area contributed by atoms with Gasteiger partial charge in [0.2, 0.25) is 5.91 Å². The molecule has 0 fully saturated rings. The van der Waals surface area contributed by atoms with Gasteiger partial charge in [-0.05, 0) is 32.3 Å². The lowest BCUT2D eigenvalue weighted by atomic mass is 10.1. The van der Waals surface area contributed by atoms with E-state index < -0.39 is 4.92 Å². The number of carbonyl (C=O) groups excluding carboxylic acids is 2. The Labute approximate surface area is 174 Å². The van der Waals surface area contributed by atoms with E-state index in [-0.39, 0.29) is 41.8 Å². The predicted molar refractivity (Wildman–Crippen MR) is 113 cm³/mol. The first-order valence-electron chi connectivity index (χ1n) is 9.52. The first-order valence-corrected chi connectivity index (χ1v) is 9.52. The highest BCUT2D eigenvalue weighted by Gasteiger charge is 2.30. The van der Waals surface area contributed by atoms with Crippen molar-refractivity contribution in [3.63, 3.8) is 0 Å². The molecule has 9 nitrogen and oxygen atoms in total. The molecule has 3 rings (SSSR count). The Bertz CT molecular complexity index is 976. The number of nitro benzene ring substituents is 1. The summed E-state index contributed by atoms with van der Waals surface area (Å²) in [6, 6.07) is 11.3. The molecule has 0 aliphatic carbocycles. The van der Waals surface area contributed by atoms with Gasteiger partial charge in [-0.25, -0.2) is 0 Å². The van der Waals surface area contributed by atoms with Crippen LogP contribution in [0.4, 0.5) is 17.1 Å². The molecule has 1 aliphatic heterocycles. The minimum Gasteiger partial charge on any atom is -0.490 e. The number of carbonyl (C=O) groups is 2. The third kappa shape index (κ3) is 4.25. The Morgan fingerprint density at radius 1 is 1.20 bits per heavy atom. The van der Waals surface area contributed by atoms with Gasteiger partial charge < -0.3 is 19.4 Å². The number of para-hydroxylation sites is 2. The Hall–Kier alpha value is -3.46. The number of fused-ring (bicyclic) bond motifs is 1. The number of hydrogen-bond acceptors (Lipinski definition) is 6. The van der Waals surface area contributed by atoms with Gasteiger partial charge in [0.15, 0.2) is 5.75 Å². The second-order valence-electron chi connectivity index (χ2n) is 7.19. The van der Waals surface area contributed by atoms with Gasteiger partial charge in [-0.3, -0.25) is 19.7 Å². The Balaban J connectivity index is 1.99. The molecule has 0 saturated carbocycles. The number of nitrogens with zero attached hydrogens (tertiary/aromatic N) is 4. The number of amides is 2. The van der Waals surface area contributed by atoms with Crippen molar-refractivity contribution in [1.82, 2.24) is 4.90 Å². The van der Waals surface area contributed by atoms with E-state index in [2.05, 4.69) is 0 Å². The molecule has 30 heavy (non-hydrogen) atoms. The van der Waals surface area contributed by atoms with Crippen LogP contribution in [0.15, 0.2) is 42.5 Å². The van der Waals surface area contributed by atoms with E-state index in [1.807, 2.05) is 37.2 Å². The summed E-state index contributed by atoms with van der Waals surface area (Å²) in [4.78, 5) is 41.9. The van der Waals surface area contributed by atoms with Gasteiger partial charge in [0.25, 0.3) is 5.91 Å². The molecule has 0 radical (unpaired) electrons. The Morgan fingerprint density at radius 2 is 1.90 bits per heavy atom. The fourth-order valence-corrected chi connectivity index (χ4v) is 3.39. The lowest BCUT2D eigenvalue weighted by Crippen LogP contribution is -2.36. The number of methoxy groups -OCH3 is 1. The van der Waals surface area contributed by atoms with Crippen molar-refractivity contribution in [1.29, 1.82) is 0 Å². The van der Waals surface area contributed by atoms with Crippen LogP contribution in [-0.2, 0) is 4.79 Å². The minimum absolute atomic E-state index is 0.0117. The van der Waals surface area contributed by atoms with Gasteiger partial charge in [-0.2, -0.15) is 0 Å². The molecule has 1 aliphatic rings. The maximum Gasteiger partial charge on any atom is 0.310 e. The number of benzene rings is 2. The van der Waals surface area contributed by atoms with E-state index in [1.165, 1.54) is 25.3 Å². The highest BCUT2D eigenvalue weighted by Crippen LogP contribution is 2.35. The third-order valence-corrected chi connectivity index (χ3v) is 4.95. The standard InChI is InChI=1S/C21H24N4O5/c1-22(2)12-13-23-16-6-4-5-7-17(16)24(11-10-20(23)26)21(27)15-8-9-18(25(28)29)19(14-15)30-3/h4-9,14H,10-13H2,1-3H3. The molecule has 0 atom stereocenters. The summed E-state index contributed by atoms with van der Waals surface area (Å²) in [5, 5.41) is 11.1. The zero-order valence-electron chi connectivity index (χ0n) is 17.2. The van der Waals surface area contributed by atoms with Crippen LogP contribution in [0.25, 0.3) is 0 Å². The molecular weight excluding hydrogens is 388 g/mol. The van der Waals surface area contributed by atoms with E-state index in [4.69, 9.17) is 4.74 Å². The first kappa shape index (κ1) is 21.3. The van der Waals surface area contributed by atoms with Gasteiger partial charge in [0, 0.05) is 43.8 Å². The number of hydrogen-bond donors (Lipinski definition) is 0.